The fraction of sp³-hybridized carbons (Fsp3) is 0.800. The summed E-state index contributed by atoms with van der Waals surface area (Å²) in [5, 5.41) is 0.584. The molecule has 70 valence electrons. The molecule has 0 aromatic carbocycles. The molecule has 2 unspecified atom stereocenters. The van der Waals surface area contributed by atoms with Gasteiger partial charge in [-0.05, 0) is 32.9 Å². The third kappa shape index (κ3) is 2.27. The van der Waals surface area contributed by atoms with Gasteiger partial charge < -0.3 is 0 Å². The number of allylic oxidation sites excluding steroid dienone is 1. The highest BCUT2D eigenvalue weighted by molar-refractivity contribution is 7.81. The van der Waals surface area contributed by atoms with Crippen molar-refractivity contribution in [1.82, 2.24) is 4.90 Å². The molecule has 1 saturated heterocycles. The minimum Gasteiger partial charge on any atom is -0.299 e. The second kappa shape index (κ2) is 4.93. The molecule has 2 atom stereocenters. The number of hydrogen-bond acceptors (Lipinski definition) is 2. The van der Waals surface area contributed by atoms with E-state index < -0.39 is 0 Å². The smallest absolute Gasteiger partial charge is 0.0247 e. The first-order valence-corrected chi connectivity index (χ1v) is 5.34. The minimum absolute atomic E-state index is 0.584. The standard InChI is InChI=1S/C10H19NS/c1-3-5-6-9-10(12)7-8-11(9)4-2/h3,5,9-10,12H,4,6-8H2,1-2H3/b5-3-. The van der Waals surface area contributed by atoms with Crippen LogP contribution in [0.2, 0.25) is 0 Å². The van der Waals surface area contributed by atoms with E-state index in [4.69, 9.17) is 0 Å². The van der Waals surface area contributed by atoms with E-state index in [9.17, 15) is 0 Å². The van der Waals surface area contributed by atoms with E-state index >= 15 is 0 Å². The molecule has 0 radical (unpaired) electrons. The third-order valence-corrected chi connectivity index (χ3v) is 3.25. The number of likely N-dealkylation sites (tertiary alicyclic amines) is 1. The second-order valence-electron chi connectivity index (χ2n) is 3.36. The van der Waals surface area contributed by atoms with E-state index in [1.54, 1.807) is 0 Å². The maximum Gasteiger partial charge on any atom is 0.0247 e. The van der Waals surface area contributed by atoms with Gasteiger partial charge >= 0.3 is 0 Å². The lowest BCUT2D eigenvalue weighted by Crippen LogP contribution is -2.32. The summed E-state index contributed by atoms with van der Waals surface area (Å²) in [5.74, 6) is 0. The molecule has 12 heavy (non-hydrogen) atoms. The van der Waals surface area contributed by atoms with Crippen molar-refractivity contribution in [2.24, 2.45) is 0 Å². The molecule has 0 spiro atoms. The lowest BCUT2D eigenvalue weighted by atomic mass is 10.1. The van der Waals surface area contributed by atoms with Gasteiger partial charge in [0.1, 0.15) is 0 Å². The third-order valence-electron chi connectivity index (χ3n) is 2.64. The van der Waals surface area contributed by atoms with E-state index in [0.29, 0.717) is 11.3 Å². The topological polar surface area (TPSA) is 3.24 Å². The van der Waals surface area contributed by atoms with Gasteiger partial charge in [0, 0.05) is 11.3 Å². The molecule has 1 heterocycles. The fourth-order valence-corrected chi connectivity index (χ4v) is 2.30. The zero-order chi connectivity index (χ0) is 8.97. The largest absolute Gasteiger partial charge is 0.299 e. The summed E-state index contributed by atoms with van der Waals surface area (Å²) in [6.07, 6.45) is 6.80. The van der Waals surface area contributed by atoms with Gasteiger partial charge in [0.2, 0.25) is 0 Å². The van der Waals surface area contributed by atoms with E-state index in [0.717, 1.165) is 0 Å². The van der Waals surface area contributed by atoms with Gasteiger partial charge in [0.05, 0.1) is 0 Å². The normalized spacial score (nSPS) is 31.9. The average molecular weight is 185 g/mol. The Balaban J connectivity index is 2.45. The van der Waals surface area contributed by atoms with Crippen molar-refractivity contribution < 1.29 is 0 Å². The van der Waals surface area contributed by atoms with E-state index in [1.807, 2.05) is 0 Å². The highest BCUT2D eigenvalue weighted by Gasteiger charge is 2.29. The van der Waals surface area contributed by atoms with Crippen LogP contribution in [0.1, 0.15) is 26.7 Å². The van der Waals surface area contributed by atoms with Crippen LogP contribution >= 0.6 is 12.6 Å². The molecule has 1 fully saturated rings. The fourth-order valence-electron chi connectivity index (χ4n) is 1.87. The number of nitrogens with zero attached hydrogens (tertiary/aromatic N) is 1. The number of rotatable bonds is 3. The van der Waals surface area contributed by atoms with Crippen molar-refractivity contribution >= 4 is 12.6 Å². The zero-order valence-electron chi connectivity index (χ0n) is 8.03. The van der Waals surface area contributed by atoms with Crippen LogP contribution in [0.5, 0.6) is 0 Å². The van der Waals surface area contributed by atoms with Crippen LogP contribution in [0.4, 0.5) is 0 Å². The molecular formula is C10H19NS. The summed E-state index contributed by atoms with van der Waals surface area (Å²) in [6, 6.07) is 0.675. The van der Waals surface area contributed by atoms with Gasteiger partial charge in [0.25, 0.3) is 0 Å². The Labute approximate surface area is 81.2 Å². The van der Waals surface area contributed by atoms with E-state index in [2.05, 4.69) is 43.5 Å². The van der Waals surface area contributed by atoms with E-state index in [-0.39, 0.29) is 0 Å². The molecule has 2 heteroatoms. The summed E-state index contributed by atoms with van der Waals surface area (Å²) in [6.45, 7) is 6.71. The summed E-state index contributed by atoms with van der Waals surface area (Å²) in [5.41, 5.74) is 0. The molecule has 1 nitrogen and oxygen atoms in total. The van der Waals surface area contributed by atoms with Crippen LogP contribution in [0, 0.1) is 0 Å². The molecule has 1 aliphatic heterocycles. The summed E-state index contributed by atoms with van der Waals surface area (Å²) in [7, 11) is 0. The highest BCUT2D eigenvalue weighted by Crippen LogP contribution is 2.24. The van der Waals surface area contributed by atoms with Crippen LogP contribution in [-0.4, -0.2) is 29.3 Å². The van der Waals surface area contributed by atoms with Crippen molar-refractivity contribution in [3.63, 3.8) is 0 Å². The Morgan fingerprint density at radius 2 is 2.33 bits per heavy atom. The summed E-state index contributed by atoms with van der Waals surface area (Å²) >= 11 is 4.60. The van der Waals surface area contributed by atoms with Gasteiger partial charge in [-0.3, -0.25) is 4.90 Å². The molecule has 0 saturated carbocycles. The predicted octanol–water partition coefficient (Wildman–Crippen LogP) is 2.35. The quantitative estimate of drug-likeness (QED) is 0.522. The van der Waals surface area contributed by atoms with Crippen LogP contribution in [0.25, 0.3) is 0 Å². The number of hydrogen-bond donors (Lipinski definition) is 1. The van der Waals surface area contributed by atoms with Gasteiger partial charge in [-0.15, -0.1) is 0 Å². The maximum absolute atomic E-state index is 4.60. The van der Waals surface area contributed by atoms with Crippen LogP contribution in [-0.2, 0) is 0 Å². The van der Waals surface area contributed by atoms with Crippen LogP contribution < -0.4 is 0 Å². The SMILES string of the molecule is C/C=C\CC1C(S)CCN1CC. The van der Waals surface area contributed by atoms with Crippen molar-refractivity contribution in [3.8, 4) is 0 Å². The molecule has 0 N–H and O–H groups in total. The van der Waals surface area contributed by atoms with E-state index in [1.165, 1.54) is 25.9 Å². The maximum atomic E-state index is 4.60. The molecule has 0 aromatic rings. The molecular weight excluding hydrogens is 166 g/mol. The lowest BCUT2D eigenvalue weighted by Gasteiger charge is -2.23. The Bertz CT molecular complexity index is 156. The lowest BCUT2D eigenvalue weighted by molar-refractivity contribution is 0.271. The van der Waals surface area contributed by atoms with Gasteiger partial charge in [-0.25, -0.2) is 0 Å². The first-order chi connectivity index (χ1) is 5.79. The highest BCUT2D eigenvalue weighted by atomic mass is 32.1. The van der Waals surface area contributed by atoms with Crippen molar-refractivity contribution in [1.29, 1.82) is 0 Å². The monoisotopic (exact) mass is 185 g/mol. The Morgan fingerprint density at radius 1 is 1.58 bits per heavy atom. The number of thiol groups is 1. The van der Waals surface area contributed by atoms with Gasteiger partial charge in [0.15, 0.2) is 0 Å². The molecule has 0 aliphatic carbocycles. The summed E-state index contributed by atoms with van der Waals surface area (Å²) < 4.78 is 0. The molecule has 0 bridgehead atoms. The Morgan fingerprint density at radius 3 is 2.92 bits per heavy atom. The van der Waals surface area contributed by atoms with Crippen LogP contribution in [0.3, 0.4) is 0 Å². The van der Waals surface area contributed by atoms with Crippen molar-refractivity contribution in [3.05, 3.63) is 12.2 Å². The van der Waals surface area contributed by atoms with Crippen molar-refractivity contribution in [2.45, 2.75) is 38.0 Å². The van der Waals surface area contributed by atoms with Crippen molar-refractivity contribution in [2.75, 3.05) is 13.1 Å². The zero-order valence-corrected chi connectivity index (χ0v) is 8.93. The van der Waals surface area contributed by atoms with Crippen LogP contribution in [0.15, 0.2) is 12.2 Å². The Hall–Kier alpha value is 0.0500. The van der Waals surface area contributed by atoms with Gasteiger partial charge in [-0.2, -0.15) is 12.6 Å². The summed E-state index contributed by atoms with van der Waals surface area (Å²) in [4.78, 5) is 2.53. The predicted molar refractivity (Wildman–Crippen MR) is 57.9 cm³/mol. The van der Waals surface area contributed by atoms with Gasteiger partial charge in [-0.1, -0.05) is 19.1 Å². The average Bonchev–Trinajstić information content (AvgIpc) is 2.43. The minimum atomic E-state index is 0.584. The molecule has 0 aromatic heterocycles. The first kappa shape index (κ1) is 10.1. The first-order valence-electron chi connectivity index (χ1n) is 4.82. The molecule has 1 aliphatic rings. The Kier molecular flexibility index (Phi) is 4.16. The second-order valence-corrected chi connectivity index (χ2v) is 4.02. The molecule has 1 rings (SSSR count). The molecule has 0 amide bonds.